The van der Waals surface area contributed by atoms with Crippen LogP contribution in [-0.2, 0) is 4.79 Å². The minimum Gasteiger partial charge on any atom is -0.497 e. The van der Waals surface area contributed by atoms with Crippen LogP contribution in [0.4, 0.5) is 0 Å². The highest BCUT2D eigenvalue weighted by Crippen LogP contribution is 2.29. The number of aryl methyl sites for hydroxylation is 1. The number of methoxy groups -OCH3 is 1. The number of rotatable bonds is 6. The molecule has 7 heteroatoms. The van der Waals surface area contributed by atoms with Gasteiger partial charge in [0.05, 0.1) is 12.9 Å². The second-order valence-electron chi connectivity index (χ2n) is 8.06. The summed E-state index contributed by atoms with van der Waals surface area (Å²) in [5.41, 5.74) is 3.10. The van der Waals surface area contributed by atoms with Crippen LogP contribution in [0.15, 0.2) is 53.7 Å². The van der Waals surface area contributed by atoms with Crippen molar-refractivity contribution in [3.8, 4) is 22.8 Å². The van der Waals surface area contributed by atoms with Gasteiger partial charge in [0.25, 0.3) is 0 Å². The highest BCUT2D eigenvalue weighted by Gasteiger charge is 2.22. The molecule has 31 heavy (non-hydrogen) atoms. The van der Waals surface area contributed by atoms with Crippen molar-refractivity contribution >= 4 is 17.7 Å². The number of ether oxygens (including phenoxy) is 1. The lowest BCUT2D eigenvalue weighted by Crippen LogP contribution is -2.38. The zero-order valence-electron chi connectivity index (χ0n) is 18.2. The molecule has 6 nitrogen and oxygen atoms in total. The van der Waals surface area contributed by atoms with Crippen LogP contribution >= 0.6 is 11.8 Å². The number of likely N-dealkylation sites (tertiary alicyclic amines) is 1. The third kappa shape index (κ3) is 4.93. The third-order valence-corrected chi connectivity index (χ3v) is 6.65. The molecule has 162 valence electrons. The van der Waals surface area contributed by atoms with Gasteiger partial charge in [-0.05, 0) is 62.1 Å². The molecule has 3 aromatic rings. The summed E-state index contributed by atoms with van der Waals surface area (Å²) < 4.78 is 7.30. The fourth-order valence-corrected chi connectivity index (χ4v) is 4.55. The van der Waals surface area contributed by atoms with E-state index in [0.717, 1.165) is 48.8 Å². The van der Waals surface area contributed by atoms with E-state index < -0.39 is 0 Å². The van der Waals surface area contributed by atoms with Crippen molar-refractivity contribution in [3.05, 3.63) is 54.1 Å². The summed E-state index contributed by atoms with van der Waals surface area (Å²) in [6, 6.07) is 16.0. The maximum Gasteiger partial charge on any atom is 0.233 e. The topological polar surface area (TPSA) is 60.3 Å². The summed E-state index contributed by atoms with van der Waals surface area (Å²) in [5, 5.41) is 9.62. The number of amides is 1. The number of thioether (sulfide) groups is 1. The van der Waals surface area contributed by atoms with Crippen molar-refractivity contribution in [2.75, 3.05) is 26.0 Å². The van der Waals surface area contributed by atoms with Gasteiger partial charge in [-0.1, -0.05) is 36.4 Å². The standard InChI is InChI=1S/C24H28N4O2S/c1-17-4-8-20(9-5-17)28-23(19-6-10-21(30-3)11-7-19)25-26-24(28)31-16-22(29)27-14-12-18(2)13-15-27/h4-11,18H,12-16H2,1-3H3. The van der Waals surface area contributed by atoms with Crippen molar-refractivity contribution in [1.29, 1.82) is 0 Å². The SMILES string of the molecule is COc1ccc(-c2nnc(SCC(=O)N3CCC(C)CC3)n2-c2ccc(C)cc2)cc1. The van der Waals surface area contributed by atoms with Crippen molar-refractivity contribution in [1.82, 2.24) is 19.7 Å². The molecule has 0 saturated carbocycles. The molecule has 1 amide bonds. The Morgan fingerprint density at radius 2 is 1.74 bits per heavy atom. The number of hydrogen-bond donors (Lipinski definition) is 0. The first-order valence-electron chi connectivity index (χ1n) is 10.6. The normalized spacial score (nSPS) is 14.6. The first-order chi connectivity index (χ1) is 15.0. The van der Waals surface area contributed by atoms with E-state index in [0.29, 0.717) is 16.8 Å². The fourth-order valence-electron chi connectivity index (χ4n) is 3.69. The van der Waals surface area contributed by atoms with E-state index in [1.165, 1.54) is 17.3 Å². The molecule has 0 radical (unpaired) electrons. The smallest absolute Gasteiger partial charge is 0.233 e. The molecule has 2 heterocycles. The van der Waals surface area contributed by atoms with Crippen molar-refractivity contribution < 1.29 is 9.53 Å². The number of nitrogens with zero attached hydrogens (tertiary/aromatic N) is 4. The summed E-state index contributed by atoms with van der Waals surface area (Å²) >= 11 is 1.45. The van der Waals surface area contributed by atoms with Gasteiger partial charge in [-0.15, -0.1) is 10.2 Å². The highest BCUT2D eigenvalue weighted by molar-refractivity contribution is 7.99. The summed E-state index contributed by atoms with van der Waals surface area (Å²) in [6.07, 6.45) is 2.16. The van der Waals surface area contributed by atoms with Gasteiger partial charge in [-0.3, -0.25) is 9.36 Å². The van der Waals surface area contributed by atoms with Crippen LogP contribution in [0.5, 0.6) is 5.75 Å². The minimum atomic E-state index is 0.168. The quantitative estimate of drug-likeness (QED) is 0.529. The number of aromatic nitrogens is 3. The van der Waals surface area contributed by atoms with Gasteiger partial charge < -0.3 is 9.64 Å². The predicted octanol–water partition coefficient (Wildman–Crippen LogP) is 4.60. The van der Waals surface area contributed by atoms with E-state index in [9.17, 15) is 4.79 Å². The Hall–Kier alpha value is -2.80. The largest absolute Gasteiger partial charge is 0.497 e. The molecule has 1 aliphatic heterocycles. The summed E-state index contributed by atoms with van der Waals surface area (Å²) in [5.74, 6) is 2.77. The van der Waals surface area contributed by atoms with Crippen LogP contribution in [0.3, 0.4) is 0 Å². The van der Waals surface area contributed by atoms with E-state index in [-0.39, 0.29) is 5.91 Å². The molecule has 2 aromatic carbocycles. The van der Waals surface area contributed by atoms with E-state index in [2.05, 4.69) is 48.3 Å². The number of benzene rings is 2. The third-order valence-electron chi connectivity index (χ3n) is 5.73. The molecule has 0 unspecified atom stereocenters. The molecule has 0 bridgehead atoms. The van der Waals surface area contributed by atoms with Crippen LogP contribution in [0.1, 0.15) is 25.3 Å². The average Bonchev–Trinajstić information content (AvgIpc) is 3.22. The lowest BCUT2D eigenvalue weighted by atomic mass is 9.99. The molecular weight excluding hydrogens is 408 g/mol. The lowest BCUT2D eigenvalue weighted by molar-refractivity contribution is -0.129. The second kappa shape index (κ2) is 9.56. The molecule has 1 aromatic heterocycles. The van der Waals surface area contributed by atoms with Crippen LogP contribution in [0.2, 0.25) is 0 Å². The molecule has 0 aliphatic carbocycles. The summed E-state index contributed by atoms with van der Waals surface area (Å²) in [7, 11) is 1.65. The van der Waals surface area contributed by atoms with E-state index in [1.807, 2.05) is 33.7 Å². The van der Waals surface area contributed by atoms with Crippen LogP contribution in [0.25, 0.3) is 17.1 Å². The number of piperidine rings is 1. The van der Waals surface area contributed by atoms with E-state index in [4.69, 9.17) is 4.74 Å². The fraction of sp³-hybridized carbons (Fsp3) is 0.375. The lowest BCUT2D eigenvalue weighted by Gasteiger charge is -2.30. The van der Waals surface area contributed by atoms with Crippen LogP contribution in [-0.4, -0.2) is 51.5 Å². The molecule has 1 saturated heterocycles. The number of hydrogen-bond acceptors (Lipinski definition) is 5. The molecule has 0 spiro atoms. The maximum absolute atomic E-state index is 12.8. The Labute approximate surface area is 187 Å². The molecule has 1 fully saturated rings. The Morgan fingerprint density at radius 1 is 1.06 bits per heavy atom. The van der Waals surface area contributed by atoms with Gasteiger partial charge in [-0.25, -0.2) is 0 Å². The highest BCUT2D eigenvalue weighted by atomic mass is 32.2. The van der Waals surface area contributed by atoms with Gasteiger partial charge in [0.1, 0.15) is 5.75 Å². The van der Waals surface area contributed by atoms with Crippen molar-refractivity contribution in [3.63, 3.8) is 0 Å². The monoisotopic (exact) mass is 436 g/mol. The predicted molar refractivity (Wildman–Crippen MR) is 124 cm³/mol. The summed E-state index contributed by atoms with van der Waals surface area (Å²) in [6.45, 7) is 6.01. The zero-order valence-corrected chi connectivity index (χ0v) is 19.1. The molecule has 4 rings (SSSR count). The van der Waals surface area contributed by atoms with E-state index in [1.54, 1.807) is 7.11 Å². The number of carbonyl (C=O) groups is 1. The Morgan fingerprint density at radius 3 is 2.39 bits per heavy atom. The first-order valence-corrected chi connectivity index (χ1v) is 11.6. The van der Waals surface area contributed by atoms with E-state index >= 15 is 0 Å². The Kier molecular flexibility index (Phi) is 6.61. The van der Waals surface area contributed by atoms with Crippen molar-refractivity contribution in [2.45, 2.75) is 31.8 Å². The maximum atomic E-state index is 12.8. The average molecular weight is 437 g/mol. The molecule has 0 N–H and O–H groups in total. The molecular formula is C24H28N4O2S. The minimum absolute atomic E-state index is 0.168. The zero-order chi connectivity index (χ0) is 21.8. The van der Waals surface area contributed by atoms with Gasteiger partial charge in [0, 0.05) is 24.3 Å². The van der Waals surface area contributed by atoms with Crippen LogP contribution < -0.4 is 4.74 Å². The molecule has 0 atom stereocenters. The number of carbonyl (C=O) groups excluding carboxylic acids is 1. The Bertz CT molecular complexity index is 1020. The van der Waals surface area contributed by atoms with Crippen molar-refractivity contribution in [2.24, 2.45) is 5.92 Å². The first kappa shape index (κ1) is 21.4. The Balaban J connectivity index is 1.60. The van der Waals surface area contributed by atoms with Gasteiger partial charge in [-0.2, -0.15) is 0 Å². The van der Waals surface area contributed by atoms with Gasteiger partial charge in [0.15, 0.2) is 11.0 Å². The van der Waals surface area contributed by atoms with Gasteiger partial charge in [0.2, 0.25) is 5.91 Å². The summed E-state index contributed by atoms with van der Waals surface area (Å²) in [4.78, 5) is 14.7. The molecule has 1 aliphatic rings. The second-order valence-corrected chi connectivity index (χ2v) is 9.00. The van der Waals surface area contributed by atoms with Crippen LogP contribution in [0, 0.1) is 12.8 Å². The van der Waals surface area contributed by atoms with Gasteiger partial charge >= 0.3 is 0 Å².